The molecule has 10 heteroatoms. The Labute approximate surface area is 202 Å². The Morgan fingerprint density at radius 2 is 1.82 bits per heavy atom. The normalized spacial score (nSPS) is 16.3. The molecular formula is C23H25Cl2N3O5. The molecule has 33 heavy (non-hydrogen) atoms. The van der Waals surface area contributed by atoms with E-state index in [2.05, 4.69) is 25.0 Å². The predicted octanol–water partition coefficient (Wildman–Crippen LogP) is 3.80. The standard InChI is InChI=1S/C23H25Cl2N3O5/c1-28-11-17(16-8-14(24)9-19(25)18(16)12-28)13-4-6-15(7-5-13)26-23(31)27-20(22(30)33-3)10-21(29)32-2/h4-9,17,20H,10-12H2,1-3H3,(H2,26,27,31)/t17-,20-/m0/s1. The van der Waals surface area contributed by atoms with Gasteiger partial charge in [0, 0.05) is 34.7 Å². The molecule has 2 amide bonds. The van der Waals surface area contributed by atoms with Gasteiger partial charge in [0.05, 0.1) is 20.6 Å². The van der Waals surface area contributed by atoms with Gasteiger partial charge in [-0.25, -0.2) is 9.59 Å². The van der Waals surface area contributed by atoms with E-state index in [4.69, 9.17) is 23.2 Å². The van der Waals surface area contributed by atoms with Crippen molar-refractivity contribution >= 4 is 46.9 Å². The van der Waals surface area contributed by atoms with Gasteiger partial charge in [0.25, 0.3) is 0 Å². The van der Waals surface area contributed by atoms with Crippen molar-refractivity contribution in [3.63, 3.8) is 0 Å². The van der Waals surface area contributed by atoms with Gasteiger partial charge in [-0.2, -0.15) is 0 Å². The zero-order valence-corrected chi connectivity index (χ0v) is 20.0. The minimum atomic E-state index is -1.16. The maximum absolute atomic E-state index is 12.4. The fourth-order valence-electron chi connectivity index (χ4n) is 3.84. The molecule has 1 aliphatic rings. The van der Waals surface area contributed by atoms with Crippen molar-refractivity contribution in [1.82, 2.24) is 10.2 Å². The Morgan fingerprint density at radius 1 is 1.12 bits per heavy atom. The van der Waals surface area contributed by atoms with Crippen LogP contribution in [0.5, 0.6) is 0 Å². The number of fused-ring (bicyclic) bond motifs is 1. The number of methoxy groups -OCH3 is 2. The highest BCUT2D eigenvalue weighted by atomic mass is 35.5. The van der Waals surface area contributed by atoms with Gasteiger partial charge in [-0.1, -0.05) is 35.3 Å². The summed E-state index contributed by atoms with van der Waals surface area (Å²) >= 11 is 12.7. The van der Waals surface area contributed by atoms with Crippen LogP contribution in [0.25, 0.3) is 0 Å². The highest BCUT2D eigenvalue weighted by molar-refractivity contribution is 6.35. The summed E-state index contributed by atoms with van der Waals surface area (Å²) in [4.78, 5) is 37.9. The first-order valence-corrected chi connectivity index (χ1v) is 11.0. The van der Waals surface area contributed by atoms with Crippen LogP contribution in [-0.4, -0.2) is 56.7 Å². The van der Waals surface area contributed by atoms with Crippen molar-refractivity contribution in [1.29, 1.82) is 0 Å². The van der Waals surface area contributed by atoms with Crippen LogP contribution in [0.2, 0.25) is 10.0 Å². The van der Waals surface area contributed by atoms with E-state index in [1.807, 2.05) is 25.2 Å². The number of urea groups is 1. The molecule has 2 atom stereocenters. The molecule has 2 aromatic rings. The maximum atomic E-state index is 12.4. The monoisotopic (exact) mass is 493 g/mol. The minimum Gasteiger partial charge on any atom is -0.469 e. The molecule has 0 fully saturated rings. The molecule has 1 aliphatic heterocycles. The second-order valence-electron chi connectivity index (χ2n) is 7.78. The molecule has 0 bridgehead atoms. The van der Waals surface area contributed by atoms with Crippen molar-refractivity contribution in [3.8, 4) is 0 Å². The molecule has 0 unspecified atom stereocenters. The van der Waals surface area contributed by atoms with E-state index in [1.165, 1.54) is 14.2 Å². The molecule has 2 N–H and O–H groups in total. The first-order valence-electron chi connectivity index (χ1n) is 10.2. The number of amides is 2. The molecule has 0 spiro atoms. The number of hydrogen-bond donors (Lipinski definition) is 2. The summed E-state index contributed by atoms with van der Waals surface area (Å²) in [5.74, 6) is -1.32. The lowest BCUT2D eigenvalue weighted by Gasteiger charge is -2.33. The zero-order chi connectivity index (χ0) is 24.1. The molecule has 1 heterocycles. The van der Waals surface area contributed by atoms with Crippen molar-refractivity contribution in [2.75, 3.05) is 33.1 Å². The molecule has 0 radical (unpaired) electrons. The number of esters is 2. The number of benzene rings is 2. The molecule has 0 saturated heterocycles. The quantitative estimate of drug-likeness (QED) is 0.594. The van der Waals surface area contributed by atoms with E-state index >= 15 is 0 Å². The second kappa shape index (κ2) is 10.9. The van der Waals surface area contributed by atoms with Crippen molar-refractivity contribution in [2.45, 2.75) is 24.9 Å². The Bertz CT molecular complexity index is 1050. The van der Waals surface area contributed by atoms with Gasteiger partial charge < -0.3 is 25.0 Å². The summed E-state index contributed by atoms with van der Waals surface area (Å²) in [7, 11) is 4.40. The van der Waals surface area contributed by atoms with Crippen LogP contribution in [-0.2, 0) is 25.6 Å². The largest absolute Gasteiger partial charge is 0.469 e. The van der Waals surface area contributed by atoms with Crippen molar-refractivity contribution in [3.05, 3.63) is 63.1 Å². The number of ether oxygens (including phenoxy) is 2. The topological polar surface area (TPSA) is 97.0 Å². The molecule has 0 aliphatic carbocycles. The highest BCUT2D eigenvalue weighted by Gasteiger charge is 2.28. The Hall–Kier alpha value is -2.81. The van der Waals surface area contributed by atoms with Gasteiger partial charge in [-0.15, -0.1) is 0 Å². The van der Waals surface area contributed by atoms with Crippen LogP contribution >= 0.6 is 23.2 Å². The first-order chi connectivity index (χ1) is 15.7. The lowest BCUT2D eigenvalue weighted by Crippen LogP contribution is -2.45. The third kappa shape index (κ3) is 6.16. The lowest BCUT2D eigenvalue weighted by molar-refractivity contribution is -0.149. The summed E-state index contributed by atoms with van der Waals surface area (Å²) in [6.07, 6.45) is -0.338. The summed E-state index contributed by atoms with van der Waals surface area (Å²) in [5.41, 5.74) is 3.71. The molecular weight excluding hydrogens is 469 g/mol. The number of carbonyl (C=O) groups excluding carboxylic acids is 3. The third-order valence-electron chi connectivity index (χ3n) is 5.45. The van der Waals surface area contributed by atoms with Crippen molar-refractivity contribution < 1.29 is 23.9 Å². The Balaban J connectivity index is 1.73. The number of nitrogens with zero attached hydrogens (tertiary/aromatic N) is 1. The number of anilines is 1. The average molecular weight is 494 g/mol. The fraction of sp³-hybridized carbons (Fsp3) is 0.348. The van der Waals surface area contributed by atoms with Gasteiger partial charge in [-0.3, -0.25) is 4.79 Å². The number of halogens is 2. The SMILES string of the molecule is COC(=O)C[C@H](NC(=O)Nc1ccc([C@@H]2CN(C)Cc3c(Cl)cc(Cl)cc32)cc1)C(=O)OC. The van der Waals surface area contributed by atoms with Gasteiger partial charge in [0.15, 0.2) is 0 Å². The van der Waals surface area contributed by atoms with Gasteiger partial charge in [0.2, 0.25) is 0 Å². The summed E-state index contributed by atoms with van der Waals surface area (Å²) in [5, 5.41) is 6.33. The summed E-state index contributed by atoms with van der Waals surface area (Å²) in [6, 6.07) is 9.27. The zero-order valence-electron chi connectivity index (χ0n) is 18.5. The number of nitrogens with one attached hydrogen (secondary N) is 2. The molecule has 176 valence electrons. The minimum absolute atomic E-state index is 0.0709. The van der Waals surface area contributed by atoms with E-state index in [-0.39, 0.29) is 12.3 Å². The van der Waals surface area contributed by atoms with E-state index in [0.717, 1.165) is 29.8 Å². The fourth-order valence-corrected chi connectivity index (χ4v) is 4.41. The first kappa shape index (κ1) is 24.8. The third-order valence-corrected chi connectivity index (χ3v) is 6.01. The molecule has 2 aromatic carbocycles. The number of rotatable bonds is 6. The highest BCUT2D eigenvalue weighted by Crippen LogP contribution is 2.38. The van der Waals surface area contributed by atoms with Crippen LogP contribution in [0, 0.1) is 0 Å². The smallest absolute Gasteiger partial charge is 0.329 e. The summed E-state index contributed by atoms with van der Waals surface area (Å²) in [6.45, 7) is 1.54. The van der Waals surface area contributed by atoms with Crippen LogP contribution in [0.4, 0.5) is 10.5 Å². The average Bonchev–Trinajstić information content (AvgIpc) is 2.78. The van der Waals surface area contributed by atoms with Crippen LogP contribution in [0.15, 0.2) is 36.4 Å². The predicted molar refractivity (Wildman–Crippen MR) is 126 cm³/mol. The number of carbonyl (C=O) groups is 3. The van der Waals surface area contributed by atoms with Crippen LogP contribution < -0.4 is 10.6 Å². The molecule has 8 nitrogen and oxygen atoms in total. The van der Waals surface area contributed by atoms with E-state index in [9.17, 15) is 14.4 Å². The van der Waals surface area contributed by atoms with E-state index in [1.54, 1.807) is 18.2 Å². The molecule has 0 aromatic heterocycles. The lowest BCUT2D eigenvalue weighted by atomic mass is 9.85. The second-order valence-corrected chi connectivity index (χ2v) is 8.62. The summed E-state index contributed by atoms with van der Waals surface area (Å²) < 4.78 is 9.19. The van der Waals surface area contributed by atoms with Crippen LogP contribution in [0.1, 0.15) is 29.0 Å². The van der Waals surface area contributed by atoms with E-state index < -0.39 is 24.0 Å². The molecule has 0 saturated carbocycles. The van der Waals surface area contributed by atoms with E-state index in [0.29, 0.717) is 15.7 Å². The Morgan fingerprint density at radius 3 is 2.45 bits per heavy atom. The van der Waals surface area contributed by atoms with Gasteiger partial charge in [0.1, 0.15) is 6.04 Å². The Kier molecular flexibility index (Phi) is 8.18. The van der Waals surface area contributed by atoms with Crippen molar-refractivity contribution in [2.24, 2.45) is 0 Å². The number of hydrogen-bond acceptors (Lipinski definition) is 6. The molecule has 3 rings (SSSR count). The van der Waals surface area contributed by atoms with Crippen LogP contribution in [0.3, 0.4) is 0 Å². The number of likely N-dealkylation sites (N-methyl/N-ethyl adjacent to an activating group) is 1. The van der Waals surface area contributed by atoms with Gasteiger partial charge in [-0.05, 0) is 48.0 Å². The maximum Gasteiger partial charge on any atom is 0.329 e. The van der Waals surface area contributed by atoms with Gasteiger partial charge >= 0.3 is 18.0 Å².